The van der Waals surface area contributed by atoms with Gasteiger partial charge in [0.2, 0.25) is 0 Å². The number of carbonyl (C=O) groups is 1. The molecule has 17 atom stereocenters. The molecule has 12 rings (SSSR count). The Morgan fingerprint density at radius 1 is 0.911 bits per heavy atom. The second kappa shape index (κ2) is 11.4. The molecule has 6 heteroatoms. The average molecular weight is 759 g/mol. The largest absolute Gasteiger partial charge is 0.394 e. The number of carbonyl (C=O) groups excluding carboxylic acids is 1. The number of rotatable bonds is 2. The summed E-state index contributed by atoms with van der Waals surface area (Å²) >= 11 is 0. The van der Waals surface area contributed by atoms with Crippen molar-refractivity contribution < 1.29 is 30.3 Å². The predicted molar refractivity (Wildman–Crippen MR) is 214 cm³/mol. The minimum absolute atomic E-state index is 0.0156. The molecule has 5 N–H and O–H groups in total. The van der Waals surface area contributed by atoms with Crippen LogP contribution in [0.3, 0.4) is 0 Å². The molecule has 0 heterocycles. The lowest BCUT2D eigenvalue weighted by atomic mass is 9.26. The Hall–Kier alpha value is -2.53. The number of allylic oxidation sites excluding steroid dienone is 3. The van der Waals surface area contributed by atoms with E-state index in [1.54, 1.807) is 0 Å². The van der Waals surface area contributed by atoms with E-state index >= 15 is 4.79 Å². The number of hydrogen-bond acceptors (Lipinski definition) is 6. The van der Waals surface area contributed by atoms with Gasteiger partial charge in [-0.05, 0) is 150 Å². The number of aliphatic hydroxyl groups is 5. The van der Waals surface area contributed by atoms with Crippen LogP contribution in [0.1, 0.15) is 111 Å². The third-order valence-corrected chi connectivity index (χ3v) is 20.4. The smallest absolute Gasteiger partial charge is 0.159 e. The normalized spacial score (nSPS) is 54.7. The quantitative estimate of drug-likeness (QED) is 0.205. The van der Waals surface area contributed by atoms with Crippen molar-refractivity contribution in [1.82, 2.24) is 0 Å². The summed E-state index contributed by atoms with van der Waals surface area (Å²) < 4.78 is 0. The minimum Gasteiger partial charge on any atom is -0.394 e. The molecule has 11 aliphatic rings. The number of aliphatic hydroxyl groups excluding tert-OH is 4. The summed E-state index contributed by atoms with van der Waals surface area (Å²) in [6.45, 7) is 6.41. The number of ketones is 1. The van der Waals surface area contributed by atoms with Crippen LogP contribution in [-0.2, 0) is 4.79 Å². The Bertz CT molecular complexity index is 2160. The molecule has 0 saturated heterocycles. The molecule has 4 bridgehead atoms. The summed E-state index contributed by atoms with van der Waals surface area (Å²) in [4.78, 5) is 16.1. The van der Waals surface area contributed by atoms with Crippen molar-refractivity contribution in [1.29, 1.82) is 0 Å². The molecule has 17 unspecified atom stereocenters. The van der Waals surface area contributed by atoms with Gasteiger partial charge >= 0.3 is 0 Å². The summed E-state index contributed by atoms with van der Waals surface area (Å²) in [5, 5.41) is 63.5. The first-order chi connectivity index (χ1) is 26.7. The van der Waals surface area contributed by atoms with Gasteiger partial charge in [0.05, 0.1) is 29.8 Å². The highest BCUT2D eigenvalue weighted by atomic mass is 16.3. The monoisotopic (exact) mass is 758 g/mol. The molecule has 6 fully saturated rings. The van der Waals surface area contributed by atoms with E-state index in [2.05, 4.69) is 80.3 Å². The van der Waals surface area contributed by atoms with E-state index in [0.717, 1.165) is 70.6 Å². The van der Waals surface area contributed by atoms with E-state index < -0.39 is 57.6 Å². The average Bonchev–Trinajstić information content (AvgIpc) is 3.58. The fourth-order valence-electron chi connectivity index (χ4n) is 18.6. The maximum atomic E-state index is 16.1. The first-order valence-electron chi connectivity index (χ1n) is 22.3. The maximum Gasteiger partial charge on any atom is 0.159 e. The Kier molecular flexibility index (Phi) is 7.43. The molecule has 6 nitrogen and oxygen atoms in total. The van der Waals surface area contributed by atoms with Crippen molar-refractivity contribution in [3.05, 3.63) is 58.5 Å². The molecule has 1 aromatic carbocycles. The van der Waals surface area contributed by atoms with Crippen molar-refractivity contribution in [2.75, 3.05) is 6.61 Å². The van der Waals surface area contributed by atoms with Crippen LogP contribution in [0.15, 0.2) is 48.1 Å². The van der Waals surface area contributed by atoms with Gasteiger partial charge in [0.25, 0.3) is 0 Å². The Morgan fingerprint density at radius 2 is 1.68 bits per heavy atom. The fourth-order valence-corrected chi connectivity index (χ4v) is 18.6. The van der Waals surface area contributed by atoms with E-state index in [4.69, 9.17) is 0 Å². The predicted octanol–water partition coefficient (Wildman–Crippen LogP) is 5.37. The van der Waals surface area contributed by atoms with Crippen LogP contribution in [-0.4, -0.2) is 61.8 Å². The highest BCUT2D eigenvalue weighted by Crippen LogP contribution is 2.85. The van der Waals surface area contributed by atoms with E-state index in [1.165, 1.54) is 16.0 Å². The number of benzene rings is 1. The van der Waals surface area contributed by atoms with Crippen LogP contribution < -0.4 is 10.4 Å². The van der Waals surface area contributed by atoms with Crippen molar-refractivity contribution in [2.24, 2.45) is 73.4 Å². The Morgan fingerprint density at radius 3 is 2.46 bits per heavy atom. The first-order valence-corrected chi connectivity index (χ1v) is 22.3. The van der Waals surface area contributed by atoms with Gasteiger partial charge in [-0.25, -0.2) is 0 Å². The van der Waals surface area contributed by atoms with Crippen LogP contribution >= 0.6 is 0 Å². The van der Waals surface area contributed by atoms with Crippen LogP contribution in [0.5, 0.6) is 0 Å². The standard InChI is InChI=1S/C50H62O6/c1-43-17-7-6-12-40(54)50-36(26-43)35-25-37(52)42-46(44(35,2)29-48(50,56)21-14-33-11-8-18-47(33,50)28-43)19-13-32-23-30-9-4-5-10-31(30)24-34(32)49(42)22-16-39(53)45(3,41(55)27-51)38(49)15-20-46/h4-5,9-10,14,21,23-25,32-34,36,38-42,51,53-56H,7-8,11,13,15-20,22,26-29H2,1-3H3. The lowest BCUT2D eigenvalue weighted by Gasteiger charge is -2.78. The van der Waals surface area contributed by atoms with Gasteiger partial charge in [-0.1, -0.05) is 87.3 Å². The molecule has 0 radical (unpaired) electrons. The van der Waals surface area contributed by atoms with E-state index in [0.29, 0.717) is 19.3 Å². The van der Waals surface area contributed by atoms with Gasteiger partial charge in [0.15, 0.2) is 5.78 Å². The van der Waals surface area contributed by atoms with Gasteiger partial charge in [0.1, 0.15) is 6.10 Å². The summed E-state index contributed by atoms with van der Waals surface area (Å²) in [7, 11) is 0. The molecule has 298 valence electrons. The molecule has 0 amide bonds. The second-order valence-corrected chi connectivity index (χ2v) is 21.9. The summed E-state index contributed by atoms with van der Waals surface area (Å²) in [5.41, 5.74) is -3.99. The van der Waals surface area contributed by atoms with E-state index in [-0.39, 0.29) is 52.1 Å². The maximum absolute atomic E-state index is 16.1. The Labute approximate surface area is 332 Å². The van der Waals surface area contributed by atoms with Crippen molar-refractivity contribution in [3.8, 4) is 11.8 Å². The molecule has 0 aromatic heterocycles. The molecule has 56 heavy (non-hydrogen) atoms. The number of fused-ring (bicyclic) bond motifs is 6. The fraction of sp³-hybridized carbons (Fsp3) is 0.700. The third-order valence-electron chi connectivity index (χ3n) is 20.4. The lowest BCUT2D eigenvalue weighted by molar-refractivity contribution is -0.294. The van der Waals surface area contributed by atoms with Gasteiger partial charge < -0.3 is 25.5 Å². The molecule has 0 aliphatic heterocycles. The van der Waals surface area contributed by atoms with Gasteiger partial charge in [-0.2, -0.15) is 0 Å². The van der Waals surface area contributed by atoms with Gasteiger partial charge in [-0.15, -0.1) is 5.92 Å². The van der Waals surface area contributed by atoms with E-state index in [1.807, 2.05) is 6.92 Å². The number of hydrogen-bond donors (Lipinski definition) is 5. The molecule has 3 spiro atoms. The molecular formula is C50H62O6. The highest BCUT2D eigenvalue weighted by molar-refractivity contribution is 5.96. The third kappa shape index (κ3) is 3.89. The van der Waals surface area contributed by atoms with Crippen molar-refractivity contribution in [2.45, 2.75) is 135 Å². The van der Waals surface area contributed by atoms with Crippen LogP contribution in [0.25, 0.3) is 12.2 Å². The SMILES string of the molecule is CC12CCC#CC(O)C34C(C1)C1=CC(=O)C5C67CCC(O)C(C)(C(O)CO)C6CCC5(CCC5C=c6ccccc6=CC57)C1(C)CC3(O)C=CC1CCCC14C2. The van der Waals surface area contributed by atoms with Gasteiger partial charge in [-0.3, -0.25) is 4.79 Å². The van der Waals surface area contributed by atoms with Crippen molar-refractivity contribution in [3.63, 3.8) is 0 Å². The molecule has 6 saturated carbocycles. The summed E-state index contributed by atoms with van der Waals surface area (Å²) in [6.07, 6.45) is 20.0. The minimum atomic E-state index is -1.31. The lowest BCUT2D eigenvalue weighted by Crippen LogP contribution is -2.78. The molecular weight excluding hydrogens is 697 g/mol. The van der Waals surface area contributed by atoms with Gasteiger partial charge in [0, 0.05) is 17.8 Å². The Balaban J connectivity index is 1.19. The summed E-state index contributed by atoms with van der Waals surface area (Å²) in [5.74, 6) is 6.65. The topological polar surface area (TPSA) is 118 Å². The second-order valence-electron chi connectivity index (χ2n) is 21.9. The van der Waals surface area contributed by atoms with Crippen LogP contribution in [0.4, 0.5) is 0 Å². The zero-order valence-corrected chi connectivity index (χ0v) is 33.6. The van der Waals surface area contributed by atoms with Crippen LogP contribution in [0.2, 0.25) is 0 Å². The zero-order chi connectivity index (χ0) is 38.9. The molecule has 11 aliphatic carbocycles. The zero-order valence-electron chi connectivity index (χ0n) is 33.6. The summed E-state index contributed by atoms with van der Waals surface area (Å²) in [6, 6.07) is 8.59. The highest BCUT2D eigenvalue weighted by Gasteiger charge is 2.83. The van der Waals surface area contributed by atoms with Crippen molar-refractivity contribution >= 4 is 17.9 Å². The van der Waals surface area contributed by atoms with Crippen LogP contribution in [0, 0.1) is 85.3 Å². The first kappa shape index (κ1) is 36.5. The molecule has 1 aromatic rings. The van der Waals surface area contributed by atoms with E-state index in [9.17, 15) is 25.5 Å².